The number of hydrogen-bond acceptors (Lipinski definition) is 0. The number of benzene rings is 3. The zero-order valence-corrected chi connectivity index (χ0v) is 15.3. The topological polar surface area (TPSA) is 0 Å². The van der Waals surface area contributed by atoms with Crippen LogP contribution in [0.5, 0.6) is 0 Å². The molecule has 1 aliphatic rings. The van der Waals surface area contributed by atoms with Crippen molar-refractivity contribution in [3.05, 3.63) is 91.9 Å². The molecule has 0 fully saturated rings. The van der Waals surface area contributed by atoms with Gasteiger partial charge < -0.3 is 0 Å². The van der Waals surface area contributed by atoms with Crippen LogP contribution in [0, 0.1) is 6.92 Å². The van der Waals surface area contributed by atoms with E-state index in [9.17, 15) is 0 Å². The van der Waals surface area contributed by atoms with Crippen molar-refractivity contribution in [3.8, 4) is 11.1 Å². The molecule has 0 saturated heterocycles. The molecule has 0 saturated carbocycles. The fraction of sp³-hybridized carbons (Fsp3) is 0.100. The maximum absolute atomic E-state index is 3.77. The molecule has 1 aliphatic carbocycles. The second-order valence-corrected chi connectivity index (χ2v) is 7.38. The molecule has 0 N–H and O–H groups in total. The highest BCUT2D eigenvalue weighted by atomic mass is 79.9. The van der Waals surface area contributed by atoms with Crippen molar-refractivity contribution in [1.29, 1.82) is 0 Å². The van der Waals surface area contributed by atoms with Gasteiger partial charge in [0.05, 0.1) is 0 Å². The van der Waals surface area contributed by atoms with Crippen LogP contribution in [-0.4, -0.2) is 0 Å². The maximum atomic E-state index is 3.77. The van der Waals surface area contributed by atoms with Crippen LogP contribution in [0.3, 0.4) is 0 Å². The first-order valence-corrected chi connectivity index (χ1v) is 8.90. The fourth-order valence-corrected chi connectivity index (χ4v) is 4.49. The Morgan fingerprint density at radius 3 is 1.77 bits per heavy atom. The van der Waals surface area contributed by atoms with Crippen molar-refractivity contribution in [2.24, 2.45) is 0 Å². The highest BCUT2D eigenvalue weighted by molar-refractivity contribution is 9.11. The summed E-state index contributed by atoms with van der Waals surface area (Å²) in [5, 5.41) is 0. The minimum Gasteiger partial charge on any atom is -0.0619 e. The number of fused-ring (bicyclic) bond motifs is 3. The summed E-state index contributed by atoms with van der Waals surface area (Å²) >= 11 is 7.46. The minimum absolute atomic E-state index is 0.291. The van der Waals surface area contributed by atoms with Crippen LogP contribution in [0.15, 0.2) is 69.6 Å². The summed E-state index contributed by atoms with van der Waals surface area (Å²) in [6.45, 7) is 2.19. The summed E-state index contributed by atoms with van der Waals surface area (Å²) in [6.07, 6.45) is 0. The normalized spacial score (nSPS) is 13.0. The highest BCUT2D eigenvalue weighted by Gasteiger charge is 2.31. The summed E-state index contributed by atoms with van der Waals surface area (Å²) in [4.78, 5) is 0. The molecule has 3 aromatic carbocycles. The van der Waals surface area contributed by atoms with E-state index in [1.165, 1.54) is 37.9 Å². The first-order chi connectivity index (χ1) is 10.7. The van der Waals surface area contributed by atoms with E-state index < -0.39 is 0 Å². The van der Waals surface area contributed by atoms with Crippen molar-refractivity contribution in [2.75, 3.05) is 0 Å². The average Bonchev–Trinajstić information content (AvgIpc) is 2.87. The van der Waals surface area contributed by atoms with Crippen LogP contribution in [0.2, 0.25) is 0 Å². The van der Waals surface area contributed by atoms with Gasteiger partial charge >= 0.3 is 0 Å². The van der Waals surface area contributed by atoms with Gasteiger partial charge in [0, 0.05) is 14.9 Å². The third-order valence-electron chi connectivity index (χ3n) is 4.52. The summed E-state index contributed by atoms with van der Waals surface area (Å²) in [7, 11) is 0. The monoisotopic (exact) mass is 412 g/mol. The van der Waals surface area contributed by atoms with Crippen LogP contribution in [0.25, 0.3) is 11.1 Å². The van der Waals surface area contributed by atoms with Crippen molar-refractivity contribution in [1.82, 2.24) is 0 Å². The fourth-order valence-electron chi connectivity index (χ4n) is 3.49. The summed E-state index contributed by atoms with van der Waals surface area (Å²) < 4.78 is 2.33. The number of rotatable bonds is 1. The lowest BCUT2D eigenvalue weighted by molar-refractivity contribution is 0.984. The van der Waals surface area contributed by atoms with E-state index in [-0.39, 0.29) is 0 Å². The van der Waals surface area contributed by atoms with Crippen LogP contribution in [-0.2, 0) is 0 Å². The summed E-state index contributed by atoms with van der Waals surface area (Å²) in [5.41, 5.74) is 8.15. The van der Waals surface area contributed by atoms with E-state index in [0.29, 0.717) is 5.92 Å². The van der Waals surface area contributed by atoms with Gasteiger partial charge in [-0.1, -0.05) is 80.4 Å². The zero-order valence-electron chi connectivity index (χ0n) is 12.1. The van der Waals surface area contributed by atoms with Crippen molar-refractivity contribution < 1.29 is 0 Å². The molecule has 0 nitrogen and oxygen atoms in total. The third kappa shape index (κ3) is 2.01. The van der Waals surface area contributed by atoms with Crippen LogP contribution >= 0.6 is 31.9 Å². The largest absolute Gasteiger partial charge is 0.0619 e. The Balaban J connectivity index is 2.07. The molecule has 0 heterocycles. The van der Waals surface area contributed by atoms with Crippen LogP contribution in [0.4, 0.5) is 0 Å². The zero-order chi connectivity index (χ0) is 15.3. The van der Waals surface area contributed by atoms with E-state index in [4.69, 9.17) is 0 Å². The van der Waals surface area contributed by atoms with Crippen LogP contribution < -0.4 is 0 Å². The lowest BCUT2D eigenvalue weighted by atomic mass is 9.87. The lowest BCUT2D eigenvalue weighted by Crippen LogP contribution is -2.03. The lowest BCUT2D eigenvalue weighted by Gasteiger charge is -2.19. The maximum Gasteiger partial charge on any atom is 0.0366 e. The molecule has 22 heavy (non-hydrogen) atoms. The molecular weight excluding hydrogens is 400 g/mol. The summed E-state index contributed by atoms with van der Waals surface area (Å²) in [5.74, 6) is 0.291. The molecule has 0 amide bonds. The van der Waals surface area contributed by atoms with E-state index in [1.54, 1.807) is 0 Å². The quantitative estimate of drug-likeness (QED) is 0.326. The Labute approximate surface area is 147 Å². The third-order valence-corrected chi connectivity index (χ3v) is 6.07. The summed E-state index contributed by atoms with van der Waals surface area (Å²) in [6, 6.07) is 21.7. The molecule has 108 valence electrons. The van der Waals surface area contributed by atoms with Crippen molar-refractivity contribution in [3.63, 3.8) is 0 Å². The molecule has 0 atom stereocenters. The Bertz CT molecular complexity index is 835. The highest BCUT2D eigenvalue weighted by Crippen LogP contribution is 2.50. The van der Waals surface area contributed by atoms with Gasteiger partial charge in [-0.2, -0.15) is 0 Å². The number of hydrogen-bond donors (Lipinski definition) is 0. The minimum atomic E-state index is 0.291. The molecule has 3 aromatic rings. The molecule has 0 unspecified atom stereocenters. The molecule has 0 aromatic heterocycles. The van der Waals surface area contributed by atoms with Gasteiger partial charge in [0.1, 0.15) is 0 Å². The predicted octanol–water partition coefficient (Wildman–Crippen LogP) is 6.68. The molecule has 0 radical (unpaired) electrons. The molecular formula is C20H14Br2. The Kier molecular flexibility index (Phi) is 3.47. The van der Waals surface area contributed by atoms with E-state index in [1.807, 2.05) is 0 Å². The first kappa shape index (κ1) is 14.2. The van der Waals surface area contributed by atoms with E-state index in [2.05, 4.69) is 99.4 Å². The molecule has 0 aliphatic heterocycles. The van der Waals surface area contributed by atoms with E-state index >= 15 is 0 Å². The van der Waals surface area contributed by atoms with Crippen molar-refractivity contribution in [2.45, 2.75) is 12.8 Å². The molecule has 0 spiro atoms. The standard InChI is InChI=1S/C20H14Br2/c1-12-17(21)10-11-18(22)19(12)20-15-8-4-2-6-13(15)14-7-3-5-9-16(14)20/h2-11,20H,1H3. The van der Waals surface area contributed by atoms with Gasteiger partial charge in [0.15, 0.2) is 0 Å². The Morgan fingerprint density at radius 2 is 1.18 bits per heavy atom. The first-order valence-electron chi connectivity index (χ1n) is 7.31. The second-order valence-electron chi connectivity index (χ2n) is 5.68. The molecule has 4 rings (SSSR count). The van der Waals surface area contributed by atoms with Gasteiger partial charge in [-0.25, -0.2) is 0 Å². The van der Waals surface area contributed by atoms with Crippen molar-refractivity contribution >= 4 is 31.9 Å². The van der Waals surface area contributed by atoms with Gasteiger partial charge in [0.25, 0.3) is 0 Å². The van der Waals surface area contributed by atoms with E-state index in [0.717, 1.165) is 4.47 Å². The Hall–Kier alpha value is -1.38. The smallest absolute Gasteiger partial charge is 0.0366 e. The predicted molar refractivity (Wildman–Crippen MR) is 99.4 cm³/mol. The second kappa shape index (κ2) is 5.36. The Morgan fingerprint density at radius 1 is 0.682 bits per heavy atom. The molecule has 2 heteroatoms. The SMILES string of the molecule is Cc1c(Br)ccc(Br)c1C1c2ccccc2-c2ccccc21. The van der Waals surface area contributed by atoms with Gasteiger partial charge in [-0.3, -0.25) is 0 Å². The van der Waals surface area contributed by atoms with Gasteiger partial charge in [-0.15, -0.1) is 0 Å². The van der Waals surface area contributed by atoms with Crippen LogP contribution in [0.1, 0.15) is 28.2 Å². The average molecular weight is 414 g/mol. The van der Waals surface area contributed by atoms with Gasteiger partial charge in [0.2, 0.25) is 0 Å². The van der Waals surface area contributed by atoms with Gasteiger partial charge in [-0.05, 0) is 52.4 Å². The molecule has 0 bridgehead atoms. The number of halogens is 2.